The van der Waals surface area contributed by atoms with Crippen LogP contribution in [0.5, 0.6) is 0 Å². The molecule has 1 saturated heterocycles. The molecule has 0 aliphatic carbocycles. The van der Waals surface area contributed by atoms with Crippen LogP contribution in [0.25, 0.3) is 0 Å². The Labute approximate surface area is 114 Å². The van der Waals surface area contributed by atoms with Crippen molar-refractivity contribution in [3.05, 3.63) is 0 Å². The average molecular weight is 271 g/mol. The van der Waals surface area contributed by atoms with E-state index in [-0.39, 0.29) is 36.6 Å². The van der Waals surface area contributed by atoms with Crippen LogP contribution in [0.1, 0.15) is 33.6 Å². The Hall–Kier alpha value is -1.14. The van der Waals surface area contributed by atoms with Gasteiger partial charge in [0.05, 0.1) is 12.6 Å². The molecule has 0 spiro atoms. The normalized spacial score (nSPS) is 17.0. The second kappa shape index (κ2) is 7.45. The molecule has 1 heterocycles. The lowest BCUT2D eigenvalue weighted by Crippen LogP contribution is -2.46. The first kappa shape index (κ1) is 15.9. The van der Waals surface area contributed by atoms with E-state index < -0.39 is 0 Å². The summed E-state index contributed by atoms with van der Waals surface area (Å²) in [6.45, 7) is 7.56. The first-order chi connectivity index (χ1) is 8.87. The molecule has 0 aromatic heterocycles. The molecule has 1 aliphatic heterocycles. The standard InChI is InChI=1S/C13H25N3O3/c1-13(2,3)16-11(17)8-15-12(18)9-19-10-4-6-14-7-5-10/h10,14H,4-9H2,1-3H3,(H,15,18)(H,16,17). The smallest absolute Gasteiger partial charge is 0.246 e. The van der Waals surface area contributed by atoms with Crippen LogP contribution < -0.4 is 16.0 Å². The summed E-state index contributed by atoms with van der Waals surface area (Å²) >= 11 is 0. The van der Waals surface area contributed by atoms with Gasteiger partial charge in [-0.05, 0) is 46.7 Å². The number of ether oxygens (including phenoxy) is 1. The SMILES string of the molecule is CC(C)(C)NC(=O)CNC(=O)COC1CCNCC1. The molecule has 1 aliphatic rings. The van der Waals surface area contributed by atoms with Crippen LogP contribution in [-0.4, -0.2) is 49.7 Å². The predicted molar refractivity (Wildman–Crippen MR) is 72.7 cm³/mol. The molecule has 19 heavy (non-hydrogen) atoms. The molecule has 6 nitrogen and oxygen atoms in total. The number of piperidine rings is 1. The van der Waals surface area contributed by atoms with E-state index in [4.69, 9.17) is 4.74 Å². The fourth-order valence-corrected chi connectivity index (χ4v) is 1.85. The zero-order valence-corrected chi connectivity index (χ0v) is 12.0. The number of amides is 2. The van der Waals surface area contributed by atoms with Crippen molar-refractivity contribution in [3.63, 3.8) is 0 Å². The Balaban J connectivity index is 2.12. The highest BCUT2D eigenvalue weighted by Crippen LogP contribution is 2.06. The Morgan fingerprint density at radius 1 is 1.21 bits per heavy atom. The first-order valence-corrected chi connectivity index (χ1v) is 6.77. The second-order valence-corrected chi connectivity index (χ2v) is 5.84. The molecule has 0 unspecified atom stereocenters. The van der Waals surface area contributed by atoms with Gasteiger partial charge in [0, 0.05) is 5.54 Å². The molecule has 1 rings (SSSR count). The lowest BCUT2D eigenvalue weighted by molar-refractivity contribution is -0.131. The molecule has 2 amide bonds. The maximum Gasteiger partial charge on any atom is 0.246 e. The third-order valence-electron chi connectivity index (χ3n) is 2.70. The molecule has 0 saturated carbocycles. The van der Waals surface area contributed by atoms with E-state index in [0.717, 1.165) is 25.9 Å². The van der Waals surface area contributed by atoms with Crippen molar-refractivity contribution in [2.75, 3.05) is 26.2 Å². The van der Waals surface area contributed by atoms with E-state index >= 15 is 0 Å². The summed E-state index contributed by atoms with van der Waals surface area (Å²) < 4.78 is 5.49. The van der Waals surface area contributed by atoms with E-state index in [2.05, 4.69) is 16.0 Å². The highest BCUT2D eigenvalue weighted by atomic mass is 16.5. The highest BCUT2D eigenvalue weighted by Gasteiger charge is 2.16. The van der Waals surface area contributed by atoms with Crippen LogP contribution in [0.2, 0.25) is 0 Å². The van der Waals surface area contributed by atoms with Gasteiger partial charge < -0.3 is 20.7 Å². The molecular formula is C13H25N3O3. The summed E-state index contributed by atoms with van der Waals surface area (Å²) in [5.74, 6) is -0.440. The van der Waals surface area contributed by atoms with Crippen LogP contribution in [0.3, 0.4) is 0 Å². The largest absolute Gasteiger partial charge is 0.368 e. The number of hydrogen-bond donors (Lipinski definition) is 3. The van der Waals surface area contributed by atoms with E-state index in [1.54, 1.807) is 0 Å². The van der Waals surface area contributed by atoms with Gasteiger partial charge >= 0.3 is 0 Å². The summed E-state index contributed by atoms with van der Waals surface area (Å²) in [6.07, 6.45) is 2.01. The summed E-state index contributed by atoms with van der Waals surface area (Å²) in [5.41, 5.74) is -0.284. The van der Waals surface area contributed by atoms with E-state index in [1.807, 2.05) is 20.8 Å². The fourth-order valence-electron chi connectivity index (χ4n) is 1.85. The number of rotatable bonds is 5. The average Bonchev–Trinajstić information content (AvgIpc) is 2.33. The quantitative estimate of drug-likeness (QED) is 0.646. The highest BCUT2D eigenvalue weighted by molar-refractivity contribution is 5.85. The minimum atomic E-state index is -0.284. The monoisotopic (exact) mass is 271 g/mol. The lowest BCUT2D eigenvalue weighted by atomic mass is 10.1. The lowest BCUT2D eigenvalue weighted by Gasteiger charge is -2.23. The second-order valence-electron chi connectivity index (χ2n) is 5.84. The van der Waals surface area contributed by atoms with Gasteiger partial charge in [0.2, 0.25) is 11.8 Å². The molecule has 110 valence electrons. The first-order valence-electron chi connectivity index (χ1n) is 6.77. The van der Waals surface area contributed by atoms with E-state index in [1.165, 1.54) is 0 Å². The Bertz CT molecular complexity index is 307. The summed E-state index contributed by atoms with van der Waals surface area (Å²) in [4.78, 5) is 23.0. The molecule has 3 N–H and O–H groups in total. The Morgan fingerprint density at radius 3 is 2.42 bits per heavy atom. The van der Waals surface area contributed by atoms with Crippen molar-refractivity contribution in [1.29, 1.82) is 0 Å². The maximum absolute atomic E-state index is 11.5. The van der Waals surface area contributed by atoms with Crippen molar-refractivity contribution in [3.8, 4) is 0 Å². The molecule has 0 radical (unpaired) electrons. The molecule has 0 aromatic carbocycles. The van der Waals surface area contributed by atoms with Crippen LogP contribution in [0.15, 0.2) is 0 Å². The third-order valence-corrected chi connectivity index (χ3v) is 2.70. The van der Waals surface area contributed by atoms with Crippen molar-refractivity contribution in [2.45, 2.75) is 45.3 Å². The number of carbonyl (C=O) groups excluding carboxylic acids is 2. The van der Waals surface area contributed by atoms with Crippen LogP contribution in [0, 0.1) is 0 Å². The Morgan fingerprint density at radius 2 is 1.84 bits per heavy atom. The maximum atomic E-state index is 11.5. The third kappa shape index (κ3) is 7.79. The van der Waals surface area contributed by atoms with Gasteiger partial charge in [-0.1, -0.05) is 0 Å². The minimum Gasteiger partial charge on any atom is -0.368 e. The van der Waals surface area contributed by atoms with Crippen molar-refractivity contribution < 1.29 is 14.3 Å². The molecule has 0 bridgehead atoms. The molecule has 6 heteroatoms. The van der Waals surface area contributed by atoms with Gasteiger partial charge in [0.25, 0.3) is 0 Å². The topological polar surface area (TPSA) is 79.5 Å². The zero-order chi connectivity index (χ0) is 14.3. The minimum absolute atomic E-state index is 0.00825. The van der Waals surface area contributed by atoms with Crippen molar-refractivity contribution in [2.24, 2.45) is 0 Å². The van der Waals surface area contributed by atoms with Gasteiger partial charge in [-0.25, -0.2) is 0 Å². The number of hydrogen-bond acceptors (Lipinski definition) is 4. The summed E-state index contributed by atoms with van der Waals surface area (Å²) in [5, 5.41) is 8.56. The predicted octanol–water partition coefficient (Wildman–Crippen LogP) is -0.214. The van der Waals surface area contributed by atoms with Gasteiger partial charge in [0.15, 0.2) is 0 Å². The summed E-state index contributed by atoms with van der Waals surface area (Å²) in [6, 6.07) is 0. The van der Waals surface area contributed by atoms with Crippen molar-refractivity contribution >= 4 is 11.8 Å². The molecular weight excluding hydrogens is 246 g/mol. The van der Waals surface area contributed by atoms with Gasteiger partial charge in [-0.15, -0.1) is 0 Å². The van der Waals surface area contributed by atoms with Crippen LogP contribution in [0.4, 0.5) is 0 Å². The van der Waals surface area contributed by atoms with Gasteiger partial charge in [-0.2, -0.15) is 0 Å². The van der Waals surface area contributed by atoms with Crippen LogP contribution in [-0.2, 0) is 14.3 Å². The van der Waals surface area contributed by atoms with Gasteiger partial charge in [-0.3, -0.25) is 9.59 Å². The molecule has 1 fully saturated rings. The van der Waals surface area contributed by atoms with E-state index in [9.17, 15) is 9.59 Å². The van der Waals surface area contributed by atoms with E-state index in [0.29, 0.717) is 0 Å². The molecule has 0 aromatic rings. The number of carbonyl (C=O) groups is 2. The fraction of sp³-hybridized carbons (Fsp3) is 0.846. The van der Waals surface area contributed by atoms with Gasteiger partial charge in [0.1, 0.15) is 6.61 Å². The zero-order valence-electron chi connectivity index (χ0n) is 12.0. The summed E-state index contributed by atoms with van der Waals surface area (Å²) in [7, 11) is 0. The Kier molecular flexibility index (Phi) is 6.24. The molecule has 0 atom stereocenters. The van der Waals surface area contributed by atoms with Crippen LogP contribution >= 0.6 is 0 Å². The number of nitrogens with one attached hydrogen (secondary N) is 3. The van der Waals surface area contributed by atoms with Crippen molar-refractivity contribution in [1.82, 2.24) is 16.0 Å².